The molecule has 110 valence electrons. The monoisotopic (exact) mass is 282 g/mol. The molecule has 2 aromatic carbocycles. The second-order valence-corrected chi connectivity index (χ2v) is 6.17. The second kappa shape index (κ2) is 5.53. The van der Waals surface area contributed by atoms with Gasteiger partial charge in [-0.05, 0) is 55.5 Å². The standard InChI is InChI=1S/C19H22O2/c1-14(2)21-18-9-5-8-17(12-18)19(20)11-10-15-6-3-4-7-16(15)13-19/h3-9,12,14,20H,10-11,13H2,1-2H3. The molecule has 0 fully saturated rings. The second-order valence-electron chi connectivity index (χ2n) is 6.17. The first-order valence-corrected chi connectivity index (χ1v) is 7.63. The fraction of sp³-hybridized carbons (Fsp3) is 0.368. The lowest BCUT2D eigenvalue weighted by Crippen LogP contribution is -2.33. The fourth-order valence-corrected chi connectivity index (χ4v) is 3.10. The van der Waals surface area contributed by atoms with Gasteiger partial charge in [0.25, 0.3) is 0 Å². The molecule has 0 saturated heterocycles. The number of aliphatic hydroxyl groups is 1. The Morgan fingerprint density at radius 1 is 1.05 bits per heavy atom. The van der Waals surface area contributed by atoms with Crippen LogP contribution in [-0.2, 0) is 18.4 Å². The summed E-state index contributed by atoms with van der Waals surface area (Å²) in [7, 11) is 0. The van der Waals surface area contributed by atoms with Crippen LogP contribution in [0.4, 0.5) is 0 Å². The van der Waals surface area contributed by atoms with Crippen LogP contribution in [0.25, 0.3) is 0 Å². The third-order valence-electron chi connectivity index (χ3n) is 4.15. The summed E-state index contributed by atoms with van der Waals surface area (Å²) in [6.45, 7) is 4.02. The summed E-state index contributed by atoms with van der Waals surface area (Å²) in [6.07, 6.45) is 2.49. The molecule has 0 radical (unpaired) electrons. The highest BCUT2D eigenvalue weighted by Crippen LogP contribution is 2.37. The predicted molar refractivity (Wildman–Crippen MR) is 84.6 cm³/mol. The molecule has 0 aromatic heterocycles. The van der Waals surface area contributed by atoms with E-state index in [4.69, 9.17) is 4.74 Å². The summed E-state index contributed by atoms with van der Waals surface area (Å²) < 4.78 is 5.75. The van der Waals surface area contributed by atoms with Gasteiger partial charge in [-0.1, -0.05) is 36.4 Å². The largest absolute Gasteiger partial charge is 0.491 e. The minimum Gasteiger partial charge on any atom is -0.491 e. The zero-order chi connectivity index (χ0) is 14.9. The molecule has 1 aliphatic rings. The van der Waals surface area contributed by atoms with E-state index in [2.05, 4.69) is 18.2 Å². The van der Waals surface area contributed by atoms with E-state index in [1.54, 1.807) is 0 Å². The summed E-state index contributed by atoms with van der Waals surface area (Å²) >= 11 is 0. The number of aryl methyl sites for hydroxylation is 1. The van der Waals surface area contributed by atoms with Gasteiger partial charge in [0, 0.05) is 6.42 Å². The van der Waals surface area contributed by atoms with Crippen LogP contribution in [0.3, 0.4) is 0 Å². The van der Waals surface area contributed by atoms with Gasteiger partial charge in [-0.3, -0.25) is 0 Å². The molecule has 1 N–H and O–H groups in total. The average molecular weight is 282 g/mol. The maximum Gasteiger partial charge on any atom is 0.120 e. The quantitative estimate of drug-likeness (QED) is 0.926. The molecule has 21 heavy (non-hydrogen) atoms. The van der Waals surface area contributed by atoms with Crippen molar-refractivity contribution in [2.24, 2.45) is 0 Å². The number of fused-ring (bicyclic) bond motifs is 1. The summed E-state index contributed by atoms with van der Waals surface area (Å²) in [6, 6.07) is 16.3. The van der Waals surface area contributed by atoms with E-state index in [0.29, 0.717) is 6.42 Å². The van der Waals surface area contributed by atoms with Crippen molar-refractivity contribution < 1.29 is 9.84 Å². The summed E-state index contributed by atoms with van der Waals surface area (Å²) in [5.41, 5.74) is 2.78. The minimum absolute atomic E-state index is 0.141. The Hall–Kier alpha value is -1.80. The topological polar surface area (TPSA) is 29.5 Å². The van der Waals surface area contributed by atoms with Gasteiger partial charge < -0.3 is 9.84 Å². The molecule has 3 rings (SSSR count). The highest BCUT2D eigenvalue weighted by Gasteiger charge is 2.33. The van der Waals surface area contributed by atoms with E-state index < -0.39 is 5.60 Å². The molecule has 1 unspecified atom stereocenters. The lowest BCUT2D eigenvalue weighted by molar-refractivity contribution is 0.0219. The Bertz CT molecular complexity index is 633. The molecular formula is C19H22O2. The maximum absolute atomic E-state index is 11.1. The van der Waals surface area contributed by atoms with Crippen molar-refractivity contribution in [3.05, 3.63) is 65.2 Å². The molecule has 1 atom stereocenters. The Morgan fingerprint density at radius 2 is 1.81 bits per heavy atom. The van der Waals surface area contributed by atoms with Crippen molar-refractivity contribution in [2.45, 2.75) is 44.8 Å². The number of hydrogen-bond donors (Lipinski definition) is 1. The van der Waals surface area contributed by atoms with E-state index in [1.165, 1.54) is 11.1 Å². The first-order valence-electron chi connectivity index (χ1n) is 7.63. The highest BCUT2D eigenvalue weighted by atomic mass is 16.5. The van der Waals surface area contributed by atoms with Gasteiger partial charge in [-0.25, -0.2) is 0 Å². The van der Waals surface area contributed by atoms with Gasteiger partial charge >= 0.3 is 0 Å². The predicted octanol–water partition coefficient (Wildman–Crippen LogP) is 3.85. The summed E-state index contributed by atoms with van der Waals surface area (Å²) in [5, 5.41) is 11.1. The molecule has 0 bridgehead atoms. The van der Waals surface area contributed by atoms with Gasteiger partial charge in [0.05, 0.1) is 11.7 Å². The van der Waals surface area contributed by atoms with E-state index in [9.17, 15) is 5.11 Å². The smallest absolute Gasteiger partial charge is 0.120 e. The van der Waals surface area contributed by atoms with Crippen molar-refractivity contribution in [1.29, 1.82) is 0 Å². The molecule has 2 nitrogen and oxygen atoms in total. The molecule has 0 heterocycles. The Morgan fingerprint density at radius 3 is 2.57 bits per heavy atom. The average Bonchev–Trinajstić information content (AvgIpc) is 2.47. The van der Waals surface area contributed by atoms with Crippen LogP contribution in [0.2, 0.25) is 0 Å². The SMILES string of the molecule is CC(C)Oc1cccc(C2(O)CCc3ccccc3C2)c1. The number of ether oxygens (including phenoxy) is 1. The van der Waals surface area contributed by atoms with E-state index in [0.717, 1.165) is 24.2 Å². The van der Waals surface area contributed by atoms with Crippen LogP contribution >= 0.6 is 0 Å². The lowest BCUT2D eigenvalue weighted by Gasteiger charge is -2.34. The maximum atomic E-state index is 11.1. The number of rotatable bonds is 3. The van der Waals surface area contributed by atoms with Crippen molar-refractivity contribution in [2.75, 3.05) is 0 Å². The molecule has 2 aromatic rings. The minimum atomic E-state index is -0.787. The van der Waals surface area contributed by atoms with Gasteiger partial charge in [-0.2, -0.15) is 0 Å². The van der Waals surface area contributed by atoms with Gasteiger partial charge in [0.2, 0.25) is 0 Å². The number of hydrogen-bond acceptors (Lipinski definition) is 2. The first-order chi connectivity index (χ1) is 10.1. The first kappa shape index (κ1) is 14.2. The highest BCUT2D eigenvalue weighted by molar-refractivity contribution is 5.38. The molecule has 0 spiro atoms. The summed E-state index contributed by atoms with van der Waals surface area (Å²) in [5.74, 6) is 0.829. The third kappa shape index (κ3) is 2.96. The molecule has 0 aliphatic heterocycles. The summed E-state index contributed by atoms with van der Waals surface area (Å²) in [4.78, 5) is 0. The van der Waals surface area contributed by atoms with Crippen LogP contribution in [0.5, 0.6) is 5.75 Å². The normalized spacial score (nSPS) is 21.1. The molecule has 2 heteroatoms. The Balaban J connectivity index is 1.90. The zero-order valence-corrected chi connectivity index (χ0v) is 12.7. The van der Waals surface area contributed by atoms with E-state index >= 15 is 0 Å². The van der Waals surface area contributed by atoms with E-state index in [1.807, 2.05) is 44.2 Å². The van der Waals surface area contributed by atoms with Gasteiger partial charge in [0.1, 0.15) is 5.75 Å². The molecule has 0 amide bonds. The lowest BCUT2D eigenvalue weighted by atomic mass is 9.76. The van der Waals surface area contributed by atoms with Crippen LogP contribution in [0.1, 0.15) is 37.0 Å². The van der Waals surface area contributed by atoms with Crippen molar-refractivity contribution >= 4 is 0 Å². The molecule has 0 saturated carbocycles. The van der Waals surface area contributed by atoms with Gasteiger partial charge in [0.15, 0.2) is 0 Å². The zero-order valence-electron chi connectivity index (χ0n) is 12.7. The van der Waals surface area contributed by atoms with Crippen molar-refractivity contribution in [1.82, 2.24) is 0 Å². The Kier molecular flexibility index (Phi) is 3.73. The molecule has 1 aliphatic carbocycles. The van der Waals surface area contributed by atoms with Crippen LogP contribution in [0, 0.1) is 0 Å². The Labute approximate surface area is 126 Å². The van der Waals surface area contributed by atoms with Crippen molar-refractivity contribution in [3.8, 4) is 5.75 Å². The fourth-order valence-electron chi connectivity index (χ4n) is 3.10. The number of benzene rings is 2. The van der Waals surface area contributed by atoms with E-state index in [-0.39, 0.29) is 6.10 Å². The third-order valence-corrected chi connectivity index (χ3v) is 4.15. The molecular weight excluding hydrogens is 260 g/mol. The van der Waals surface area contributed by atoms with Gasteiger partial charge in [-0.15, -0.1) is 0 Å². The van der Waals surface area contributed by atoms with Crippen molar-refractivity contribution in [3.63, 3.8) is 0 Å². The van der Waals surface area contributed by atoms with Crippen LogP contribution in [0.15, 0.2) is 48.5 Å². The van der Waals surface area contributed by atoms with Crippen LogP contribution < -0.4 is 4.74 Å². The van der Waals surface area contributed by atoms with Crippen LogP contribution in [-0.4, -0.2) is 11.2 Å².